The first-order chi connectivity index (χ1) is 11.5. The van der Waals surface area contributed by atoms with Crippen molar-refractivity contribution in [2.75, 3.05) is 32.2 Å². The normalized spacial score (nSPS) is 11.2. The van der Waals surface area contributed by atoms with Crippen molar-refractivity contribution in [1.82, 2.24) is 24.7 Å². The second-order valence-corrected chi connectivity index (χ2v) is 5.70. The molecule has 8 heteroatoms. The molecular formula is C16H20N6O2. The van der Waals surface area contributed by atoms with Crippen LogP contribution in [0.25, 0.3) is 16.7 Å². The van der Waals surface area contributed by atoms with Crippen LogP contribution in [0.5, 0.6) is 0 Å². The highest BCUT2D eigenvalue weighted by molar-refractivity contribution is 5.79. The second-order valence-electron chi connectivity index (χ2n) is 5.70. The van der Waals surface area contributed by atoms with Crippen molar-refractivity contribution < 1.29 is 4.74 Å². The Kier molecular flexibility index (Phi) is 4.30. The number of likely N-dealkylation sites (N-methyl/N-ethyl adjacent to an activating group) is 1. The SMILES string of the molecule is COCCN(C)c1nc2cc(-n3nc(C)cc3C)ncc2c(=O)[nH]1. The molecule has 0 bridgehead atoms. The minimum atomic E-state index is -0.216. The Balaban J connectivity index is 2.07. The summed E-state index contributed by atoms with van der Waals surface area (Å²) in [5.74, 6) is 1.13. The van der Waals surface area contributed by atoms with Crippen LogP contribution in [0.3, 0.4) is 0 Å². The summed E-state index contributed by atoms with van der Waals surface area (Å²) in [6.45, 7) is 5.06. The fourth-order valence-corrected chi connectivity index (χ4v) is 2.50. The Bertz CT molecular complexity index is 930. The summed E-state index contributed by atoms with van der Waals surface area (Å²) in [5, 5.41) is 4.87. The quantitative estimate of drug-likeness (QED) is 0.757. The number of fused-ring (bicyclic) bond motifs is 1. The zero-order valence-corrected chi connectivity index (χ0v) is 14.2. The number of aromatic nitrogens is 5. The van der Waals surface area contributed by atoms with Crippen LogP contribution in [0.2, 0.25) is 0 Å². The van der Waals surface area contributed by atoms with Crippen molar-refractivity contribution in [3.63, 3.8) is 0 Å². The summed E-state index contributed by atoms with van der Waals surface area (Å²) in [6, 6.07) is 3.75. The lowest BCUT2D eigenvalue weighted by atomic mass is 10.3. The Morgan fingerprint density at radius 1 is 1.33 bits per heavy atom. The molecule has 3 aromatic heterocycles. The highest BCUT2D eigenvalue weighted by atomic mass is 16.5. The summed E-state index contributed by atoms with van der Waals surface area (Å²) >= 11 is 0. The first kappa shape index (κ1) is 16.1. The van der Waals surface area contributed by atoms with Crippen LogP contribution < -0.4 is 10.5 Å². The summed E-state index contributed by atoms with van der Waals surface area (Å²) in [4.78, 5) is 25.8. The largest absolute Gasteiger partial charge is 0.383 e. The molecule has 0 atom stereocenters. The molecule has 0 spiro atoms. The number of hydrogen-bond acceptors (Lipinski definition) is 6. The third kappa shape index (κ3) is 3.00. The van der Waals surface area contributed by atoms with Gasteiger partial charge in [-0.3, -0.25) is 9.78 Å². The van der Waals surface area contributed by atoms with Crippen molar-refractivity contribution in [2.45, 2.75) is 13.8 Å². The molecule has 3 aromatic rings. The summed E-state index contributed by atoms with van der Waals surface area (Å²) in [7, 11) is 3.49. The lowest BCUT2D eigenvalue weighted by molar-refractivity contribution is 0.206. The van der Waals surface area contributed by atoms with Crippen molar-refractivity contribution >= 4 is 16.9 Å². The predicted molar refractivity (Wildman–Crippen MR) is 91.9 cm³/mol. The molecule has 0 saturated heterocycles. The summed E-state index contributed by atoms with van der Waals surface area (Å²) < 4.78 is 6.80. The van der Waals surface area contributed by atoms with Crippen LogP contribution in [-0.2, 0) is 4.74 Å². The molecule has 0 aromatic carbocycles. The molecule has 0 unspecified atom stereocenters. The number of pyridine rings is 1. The van der Waals surface area contributed by atoms with Gasteiger partial charge in [0.15, 0.2) is 5.82 Å². The van der Waals surface area contributed by atoms with E-state index >= 15 is 0 Å². The van der Waals surface area contributed by atoms with Gasteiger partial charge in [-0.2, -0.15) is 5.10 Å². The lowest BCUT2D eigenvalue weighted by Crippen LogP contribution is -2.26. The van der Waals surface area contributed by atoms with Gasteiger partial charge in [0.2, 0.25) is 5.95 Å². The van der Waals surface area contributed by atoms with Crippen LogP contribution in [0, 0.1) is 13.8 Å². The third-order valence-electron chi connectivity index (χ3n) is 3.78. The van der Waals surface area contributed by atoms with Crippen molar-refractivity contribution in [3.05, 3.63) is 40.1 Å². The van der Waals surface area contributed by atoms with E-state index in [0.29, 0.717) is 35.8 Å². The van der Waals surface area contributed by atoms with Crippen LogP contribution in [0.1, 0.15) is 11.4 Å². The molecule has 3 rings (SSSR count). The molecule has 0 saturated carbocycles. The van der Waals surface area contributed by atoms with E-state index in [-0.39, 0.29) is 5.56 Å². The molecular weight excluding hydrogens is 308 g/mol. The number of H-pyrrole nitrogens is 1. The van der Waals surface area contributed by atoms with Gasteiger partial charge in [-0.1, -0.05) is 0 Å². The van der Waals surface area contributed by atoms with E-state index in [1.54, 1.807) is 17.9 Å². The van der Waals surface area contributed by atoms with E-state index in [1.807, 2.05) is 31.9 Å². The molecule has 0 aliphatic carbocycles. The lowest BCUT2D eigenvalue weighted by Gasteiger charge is -2.17. The number of ether oxygens (including phenoxy) is 1. The van der Waals surface area contributed by atoms with Crippen LogP contribution in [0.4, 0.5) is 5.95 Å². The Labute approximate surface area is 139 Å². The molecule has 0 aliphatic rings. The van der Waals surface area contributed by atoms with E-state index in [9.17, 15) is 4.79 Å². The third-order valence-corrected chi connectivity index (χ3v) is 3.78. The molecule has 0 radical (unpaired) electrons. The first-order valence-electron chi connectivity index (χ1n) is 7.63. The van der Waals surface area contributed by atoms with E-state index in [2.05, 4.69) is 20.1 Å². The Morgan fingerprint density at radius 2 is 2.12 bits per heavy atom. The smallest absolute Gasteiger partial charge is 0.261 e. The van der Waals surface area contributed by atoms with Crippen LogP contribution in [-0.4, -0.2) is 52.0 Å². The van der Waals surface area contributed by atoms with Gasteiger partial charge >= 0.3 is 0 Å². The number of rotatable bonds is 5. The van der Waals surface area contributed by atoms with Gasteiger partial charge in [0.1, 0.15) is 0 Å². The maximum atomic E-state index is 12.3. The highest BCUT2D eigenvalue weighted by Gasteiger charge is 2.11. The molecule has 24 heavy (non-hydrogen) atoms. The van der Waals surface area contributed by atoms with Gasteiger partial charge in [-0.05, 0) is 19.9 Å². The Hall–Kier alpha value is -2.74. The number of anilines is 1. The Morgan fingerprint density at radius 3 is 2.79 bits per heavy atom. The maximum absolute atomic E-state index is 12.3. The topological polar surface area (TPSA) is 88.9 Å². The fraction of sp³-hybridized carbons (Fsp3) is 0.375. The van der Waals surface area contributed by atoms with Gasteiger partial charge in [-0.25, -0.2) is 14.6 Å². The summed E-state index contributed by atoms with van der Waals surface area (Å²) in [6.07, 6.45) is 1.53. The zero-order chi connectivity index (χ0) is 17.3. The van der Waals surface area contributed by atoms with E-state index in [0.717, 1.165) is 11.4 Å². The molecule has 3 heterocycles. The van der Waals surface area contributed by atoms with Crippen molar-refractivity contribution in [1.29, 1.82) is 0 Å². The second kappa shape index (κ2) is 6.40. The van der Waals surface area contributed by atoms with Gasteiger partial charge in [-0.15, -0.1) is 0 Å². The zero-order valence-electron chi connectivity index (χ0n) is 14.2. The van der Waals surface area contributed by atoms with Gasteiger partial charge in [0, 0.05) is 38.7 Å². The molecule has 126 valence electrons. The number of methoxy groups -OCH3 is 1. The number of nitrogens with zero attached hydrogens (tertiary/aromatic N) is 5. The van der Waals surface area contributed by atoms with E-state index < -0.39 is 0 Å². The van der Waals surface area contributed by atoms with Gasteiger partial charge in [0.05, 0.1) is 23.2 Å². The predicted octanol–water partition coefficient (Wildman–Crippen LogP) is 1.20. The first-order valence-corrected chi connectivity index (χ1v) is 7.63. The minimum Gasteiger partial charge on any atom is -0.383 e. The molecule has 8 nitrogen and oxygen atoms in total. The number of aromatic amines is 1. The molecule has 0 amide bonds. The van der Waals surface area contributed by atoms with Crippen LogP contribution in [0.15, 0.2) is 23.1 Å². The minimum absolute atomic E-state index is 0.216. The summed E-state index contributed by atoms with van der Waals surface area (Å²) in [5.41, 5.74) is 2.25. The van der Waals surface area contributed by atoms with Gasteiger partial charge in [0.25, 0.3) is 5.56 Å². The maximum Gasteiger partial charge on any atom is 0.261 e. The molecule has 0 aliphatic heterocycles. The number of nitrogens with one attached hydrogen (secondary N) is 1. The van der Waals surface area contributed by atoms with E-state index in [1.165, 1.54) is 6.20 Å². The average molecular weight is 328 g/mol. The molecule has 0 fully saturated rings. The average Bonchev–Trinajstić information content (AvgIpc) is 2.90. The number of aryl methyl sites for hydroxylation is 2. The van der Waals surface area contributed by atoms with Crippen LogP contribution >= 0.6 is 0 Å². The fourth-order valence-electron chi connectivity index (χ4n) is 2.50. The standard InChI is InChI=1S/C16H20N6O2/c1-10-7-11(2)22(20-10)14-8-13-12(9-17-14)15(23)19-16(18-13)21(3)5-6-24-4/h7-9H,5-6H2,1-4H3,(H,18,19,23). The highest BCUT2D eigenvalue weighted by Crippen LogP contribution is 2.15. The van der Waals surface area contributed by atoms with Crippen molar-refractivity contribution in [2.24, 2.45) is 0 Å². The van der Waals surface area contributed by atoms with Gasteiger partial charge < -0.3 is 9.64 Å². The van der Waals surface area contributed by atoms with E-state index in [4.69, 9.17) is 4.74 Å². The number of hydrogen-bond donors (Lipinski definition) is 1. The molecule has 1 N–H and O–H groups in total. The monoisotopic (exact) mass is 328 g/mol. The van der Waals surface area contributed by atoms with Crippen molar-refractivity contribution in [3.8, 4) is 5.82 Å².